The van der Waals surface area contributed by atoms with Gasteiger partial charge < -0.3 is 4.90 Å². The molecule has 1 aliphatic heterocycles. The predicted molar refractivity (Wildman–Crippen MR) is 95.8 cm³/mol. The number of aromatic nitrogens is 2. The average molecular weight is 367 g/mol. The van der Waals surface area contributed by atoms with Crippen LogP contribution in [0.5, 0.6) is 0 Å². The zero-order valence-electron chi connectivity index (χ0n) is 13.2. The highest BCUT2D eigenvalue weighted by atomic mass is 35.5. The molecule has 0 bridgehead atoms. The summed E-state index contributed by atoms with van der Waals surface area (Å²) in [6.07, 6.45) is 6.52. The fourth-order valence-corrected chi connectivity index (χ4v) is 4.06. The van der Waals surface area contributed by atoms with Crippen LogP contribution in [0.15, 0.2) is 36.7 Å². The molecule has 0 aliphatic carbocycles. The first kappa shape index (κ1) is 17.0. The SMILES string of the molecule is O=S(=O)(Cc1cccc(Cl)c1)Nc1cnc(N2CCCCC2)nc1. The van der Waals surface area contributed by atoms with Gasteiger partial charge in [0.1, 0.15) is 0 Å². The van der Waals surface area contributed by atoms with Gasteiger partial charge >= 0.3 is 0 Å². The fraction of sp³-hybridized carbons (Fsp3) is 0.375. The number of nitrogens with zero attached hydrogens (tertiary/aromatic N) is 3. The third-order valence-electron chi connectivity index (χ3n) is 3.80. The maximum Gasteiger partial charge on any atom is 0.237 e. The van der Waals surface area contributed by atoms with E-state index in [2.05, 4.69) is 19.6 Å². The number of anilines is 2. The van der Waals surface area contributed by atoms with E-state index in [0.29, 0.717) is 22.2 Å². The van der Waals surface area contributed by atoms with Gasteiger partial charge in [0, 0.05) is 18.1 Å². The Hall–Kier alpha value is -1.86. The minimum atomic E-state index is -3.54. The Balaban J connectivity index is 1.66. The molecule has 1 N–H and O–H groups in total. The number of hydrogen-bond donors (Lipinski definition) is 1. The monoisotopic (exact) mass is 366 g/mol. The van der Waals surface area contributed by atoms with Gasteiger partial charge in [-0.15, -0.1) is 0 Å². The third kappa shape index (κ3) is 4.58. The molecule has 0 saturated carbocycles. The molecule has 2 aromatic rings. The van der Waals surface area contributed by atoms with E-state index in [1.54, 1.807) is 24.3 Å². The van der Waals surface area contributed by atoms with E-state index in [-0.39, 0.29) is 5.75 Å². The van der Waals surface area contributed by atoms with Crippen molar-refractivity contribution in [3.05, 3.63) is 47.2 Å². The van der Waals surface area contributed by atoms with Crippen molar-refractivity contribution in [2.45, 2.75) is 25.0 Å². The molecule has 24 heavy (non-hydrogen) atoms. The molecule has 0 radical (unpaired) electrons. The first-order valence-corrected chi connectivity index (χ1v) is 9.87. The van der Waals surface area contributed by atoms with Crippen molar-refractivity contribution in [2.75, 3.05) is 22.7 Å². The predicted octanol–water partition coefficient (Wildman–Crippen LogP) is 3.06. The molecule has 2 heterocycles. The zero-order chi connectivity index (χ0) is 17.0. The second kappa shape index (κ2) is 7.36. The van der Waals surface area contributed by atoms with Crippen molar-refractivity contribution < 1.29 is 8.42 Å². The minimum Gasteiger partial charge on any atom is -0.341 e. The van der Waals surface area contributed by atoms with E-state index in [1.807, 2.05) is 0 Å². The first-order chi connectivity index (χ1) is 11.5. The Bertz CT molecular complexity index is 790. The van der Waals surface area contributed by atoms with Crippen molar-refractivity contribution in [3.8, 4) is 0 Å². The molecule has 0 unspecified atom stereocenters. The van der Waals surface area contributed by atoms with Gasteiger partial charge in [-0.25, -0.2) is 18.4 Å². The summed E-state index contributed by atoms with van der Waals surface area (Å²) in [6, 6.07) is 6.79. The van der Waals surface area contributed by atoms with Gasteiger partial charge in [-0.2, -0.15) is 0 Å². The van der Waals surface area contributed by atoms with Gasteiger partial charge in [0.05, 0.1) is 23.8 Å². The third-order valence-corrected chi connectivity index (χ3v) is 5.29. The van der Waals surface area contributed by atoms with Crippen LogP contribution in [0.25, 0.3) is 0 Å². The molecule has 3 rings (SSSR count). The summed E-state index contributed by atoms with van der Waals surface area (Å²) in [4.78, 5) is 10.7. The number of halogens is 1. The smallest absolute Gasteiger partial charge is 0.237 e. The van der Waals surface area contributed by atoms with Crippen LogP contribution in [0.3, 0.4) is 0 Å². The van der Waals surface area contributed by atoms with Crippen LogP contribution in [0.1, 0.15) is 24.8 Å². The van der Waals surface area contributed by atoms with E-state index in [1.165, 1.54) is 18.8 Å². The highest BCUT2D eigenvalue weighted by molar-refractivity contribution is 7.91. The van der Waals surface area contributed by atoms with Crippen molar-refractivity contribution in [3.63, 3.8) is 0 Å². The molecular weight excluding hydrogens is 348 g/mol. The lowest BCUT2D eigenvalue weighted by atomic mass is 10.1. The molecule has 0 amide bonds. The Kier molecular flexibility index (Phi) is 5.20. The molecule has 8 heteroatoms. The van der Waals surface area contributed by atoms with Crippen molar-refractivity contribution in [2.24, 2.45) is 0 Å². The van der Waals surface area contributed by atoms with Crippen LogP contribution < -0.4 is 9.62 Å². The molecular formula is C16H19ClN4O2S. The maximum absolute atomic E-state index is 12.2. The number of piperidine rings is 1. The number of rotatable bonds is 5. The van der Waals surface area contributed by atoms with Crippen LogP contribution in [0.2, 0.25) is 5.02 Å². The van der Waals surface area contributed by atoms with Crippen molar-refractivity contribution in [1.29, 1.82) is 0 Å². The lowest BCUT2D eigenvalue weighted by molar-refractivity contribution is 0.568. The molecule has 0 spiro atoms. The van der Waals surface area contributed by atoms with Gasteiger partial charge in [-0.3, -0.25) is 4.72 Å². The first-order valence-electron chi connectivity index (χ1n) is 7.84. The standard InChI is InChI=1S/C16H19ClN4O2S/c17-14-6-4-5-13(9-14)12-24(22,23)20-15-10-18-16(19-11-15)21-7-2-1-3-8-21/h4-6,9-11,20H,1-3,7-8,12H2. The molecule has 1 fully saturated rings. The summed E-state index contributed by atoms with van der Waals surface area (Å²) in [5.41, 5.74) is 0.985. The number of sulfonamides is 1. The molecule has 6 nitrogen and oxygen atoms in total. The van der Waals surface area contributed by atoms with Gasteiger partial charge in [0.25, 0.3) is 0 Å². The van der Waals surface area contributed by atoms with E-state index < -0.39 is 10.0 Å². The van der Waals surface area contributed by atoms with E-state index in [0.717, 1.165) is 25.9 Å². The number of hydrogen-bond acceptors (Lipinski definition) is 5. The van der Waals surface area contributed by atoms with Gasteiger partial charge in [0.15, 0.2) is 0 Å². The average Bonchev–Trinajstić information content (AvgIpc) is 2.55. The zero-order valence-corrected chi connectivity index (χ0v) is 14.7. The Morgan fingerprint density at radius 1 is 1.12 bits per heavy atom. The van der Waals surface area contributed by atoms with Gasteiger partial charge in [-0.05, 0) is 37.0 Å². The van der Waals surface area contributed by atoms with Crippen molar-refractivity contribution in [1.82, 2.24) is 9.97 Å². The molecule has 1 aromatic heterocycles. The normalized spacial score (nSPS) is 15.3. The maximum atomic E-state index is 12.2. The minimum absolute atomic E-state index is 0.151. The summed E-state index contributed by atoms with van der Waals surface area (Å²) < 4.78 is 27.0. The second-order valence-electron chi connectivity index (χ2n) is 5.81. The number of nitrogens with one attached hydrogen (secondary N) is 1. The van der Waals surface area contributed by atoms with Crippen LogP contribution in [0.4, 0.5) is 11.6 Å². The molecule has 1 saturated heterocycles. The Morgan fingerprint density at radius 3 is 2.50 bits per heavy atom. The summed E-state index contributed by atoms with van der Waals surface area (Å²) in [7, 11) is -3.54. The summed E-state index contributed by atoms with van der Waals surface area (Å²) in [5.74, 6) is 0.494. The summed E-state index contributed by atoms with van der Waals surface area (Å²) in [6.45, 7) is 1.89. The lowest BCUT2D eigenvalue weighted by Crippen LogP contribution is -2.30. The van der Waals surface area contributed by atoms with Gasteiger partial charge in [0.2, 0.25) is 16.0 Å². The quantitative estimate of drug-likeness (QED) is 0.880. The van der Waals surface area contributed by atoms with E-state index >= 15 is 0 Å². The molecule has 1 aromatic carbocycles. The van der Waals surface area contributed by atoms with Crippen LogP contribution in [0, 0.1) is 0 Å². The van der Waals surface area contributed by atoms with Crippen LogP contribution >= 0.6 is 11.6 Å². The summed E-state index contributed by atoms with van der Waals surface area (Å²) >= 11 is 5.89. The van der Waals surface area contributed by atoms with Crippen LogP contribution in [-0.4, -0.2) is 31.5 Å². The molecule has 128 valence electrons. The number of benzene rings is 1. The summed E-state index contributed by atoms with van der Waals surface area (Å²) in [5, 5.41) is 0.511. The molecule has 0 atom stereocenters. The largest absolute Gasteiger partial charge is 0.341 e. The van der Waals surface area contributed by atoms with Gasteiger partial charge in [-0.1, -0.05) is 23.7 Å². The van der Waals surface area contributed by atoms with Crippen molar-refractivity contribution >= 4 is 33.3 Å². The Labute approximate surface area is 146 Å². The molecule has 1 aliphatic rings. The van der Waals surface area contributed by atoms with Crippen LogP contribution in [-0.2, 0) is 15.8 Å². The second-order valence-corrected chi connectivity index (χ2v) is 7.97. The fourth-order valence-electron chi connectivity index (χ4n) is 2.69. The lowest BCUT2D eigenvalue weighted by Gasteiger charge is -2.26. The highest BCUT2D eigenvalue weighted by Gasteiger charge is 2.15. The Morgan fingerprint density at radius 2 is 1.83 bits per heavy atom. The van der Waals surface area contributed by atoms with E-state index in [4.69, 9.17) is 11.6 Å². The topological polar surface area (TPSA) is 75.2 Å². The highest BCUT2D eigenvalue weighted by Crippen LogP contribution is 2.18. The van der Waals surface area contributed by atoms with E-state index in [9.17, 15) is 8.42 Å².